The topological polar surface area (TPSA) is 85.5 Å². The fraction of sp³-hybridized carbons (Fsp3) is 0.190. The lowest BCUT2D eigenvalue weighted by atomic mass is 9.96. The minimum atomic E-state index is -1.43. The highest BCUT2D eigenvalue weighted by Gasteiger charge is 2.28. The van der Waals surface area contributed by atoms with E-state index in [1.54, 1.807) is 6.20 Å². The lowest BCUT2D eigenvalue weighted by molar-refractivity contribution is -0.255. The summed E-state index contributed by atoms with van der Waals surface area (Å²) in [4.78, 5) is 23.9. The smallest absolute Gasteiger partial charge is 0.264 e. The third kappa shape index (κ3) is 2.52. The van der Waals surface area contributed by atoms with Crippen molar-refractivity contribution >= 4 is 17.7 Å². The van der Waals surface area contributed by atoms with Crippen molar-refractivity contribution in [1.29, 1.82) is 5.41 Å². The van der Waals surface area contributed by atoms with Crippen LogP contribution >= 0.6 is 0 Å². The fourth-order valence-corrected chi connectivity index (χ4v) is 3.52. The first kappa shape index (κ1) is 16.3. The van der Waals surface area contributed by atoms with Gasteiger partial charge in [0.15, 0.2) is 0 Å². The minimum Gasteiger partial charge on any atom is -0.545 e. The van der Waals surface area contributed by atoms with Gasteiger partial charge in [-0.2, -0.15) is 0 Å². The maximum Gasteiger partial charge on any atom is 0.264 e. The van der Waals surface area contributed by atoms with Crippen LogP contribution in [0.3, 0.4) is 0 Å². The Morgan fingerprint density at radius 2 is 1.92 bits per heavy atom. The molecule has 0 amide bonds. The number of nitrogens with zero attached hydrogens (tertiary/aromatic N) is 1. The van der Waals surface area contributed by atoms with Crippen molar-refractivity contribution in [3.05, 3.63) is 75.2 Å². The van der Waals surface area contributed by atoms with Crippen molar-refractivity contribution in [2.45, 2.75) is 25.7 Å². The number of carboxylic acids is 1. The molecule has 3 aromatic rings. The second kappa shape index (κ2) is 5.95. The number of hydrogen-bond acceptors (Lipinski definition) is 4. The number of carboxylic acid groups (broad SMARTS) is 1. The summed E-state index contributed by atoms with van der Waals surface area (Å²) in [6, 6.07) is 11.0. The Morgan fingerprint density at radius 1 is 1.23 bits per heavy atom. The maximum atomic E-state index is 12.6. The second-order valence-corrected chi connectivity index (χ2v) is 6.72. The van der Waals surface area contributed by atoms with Crippen molar-refractivity contribution in [3.63, 3.8) is 0 Å². The molecule has 5 nitrogen and oxygen atoms in total. The molecule has 0 saturated heterocycles. The van der Waals surface area contributed by atoms with Crippen LogP contribution in [0.25, 0.3) is 16.6 Å². The standard InChI is InChI=1S/C21H18N2O3/c1-12-16(14-4-2-13(11-22)3-5-14)8-9-23-19(12)17(15-6-7-15)10-18(20(23)24)21(25)26/h2-5,8-11,15,22H,6-7H2,1H3,(H,25,26)/p-1. The molecule has 0 radical (unpaired) electrons. The van der Waals surface area contributed by atoms with E-state index in [1.165, 1.54) is 16.7 Å². The third-order valence-electron chi connectivity index (χ3n) is 5.04. The highest BCUT2D eigenvalue weighted by atomic mass is 16.4. The molecule has 26 heavy (non-hydrogen) atoms. The molecule has 0 unspecified atom stereocenters. The van der Waals surface area contributed by atoms with Gasteiger partial charge in [0.2, 0.25) is 0 Å². The SMILES string of the molecule is Cc1c(-c2ccc(C=N)cc2)ccn2c(=O)c(C(=O)[O-])cc(C3CC3)c12. The Bertz CT molecular complexity index is 1110. The summed E-state index contributed by atoms with van der Waals surface area (Å²) in [5, 5.41) is 18.7. The zero-order valence-corrected chi connectivity index (χ0v) is 14.3. The Morgan fingerprint density at radius 3 is 2.50 bits per heavy atom. The third-order valence-corrected chi connectivity index (χ3v) is 5.04. The number of hydrogen-bond donors (Lipinski definition) is 1. The van der Waals surface area contributed by atoms with E-state index in [-0.39, 0.29) is 11.5 Å². The van der Waals surface area contributed by atoms with E-state index in [1.807, 2.05) is 37.3 Å². The van der Waals surface area contributed by atoms with Gasteiger partial charge < -0.3 is 15.3 Å². The largest absolute Gasteiger partial charge is 0.545 e. The first-order valence-electron chi connectivity index (χ1n) is 8.52. The van der Waals surface area contributed by atoms with E-state index in [2.05, 4.69) is 0 Å². The van der Waals surface area contributed by atoms with Crippen LogP contribution in [-0.2, 0) is 0 Å². The molecule has 2 heterocycles. The van der Waals surface area contributed by atoms with Crippen molar-refractivity contribution in [2.75, 3.05) is 0 Å². The fourth-order valence-electron chi connectivity index (χ4n) is 3.52. The number of carbonyl (C=O) groups is 1. The molecule has 130 valence electrons. The summed E-state index contributed by atoms with van der Waals surface area (Å²) in [6.07, 6.45) is 4.93. The average molecular weight is 345 g/mol. The molecular weight excluding hydrogens is 328 g/mol. The summed E-state index contributed by atoms with van der Waals surface area (Å²) < 4.78 is 1.43. The number of nitrogens with one attached hydrogen (secondary N) is 1. The van der Waals surface area contributed by atoms with Crippen LogP contribution in [0.1, 0.15) is 45.8 Å². The van der Waals surface area contributed by atoms with E-state index in [0.717, 1.165) is 46.2 Å². The van der Waals surface area contributed by atoms with E-state index < -0.39 is 11.5 Å². The van der Waals surface area contributed by atoms with Gasteiger partial charge in [0.25, 0.3) is 5.56 Å². The maximum absolute atomic E-state index is 12.6. The van der Waals surface area contributed by atoms with Gasteiger partial charge in [-0.1, -0.05) is 24.3 Å². The molecule has 0 bridgehead atoms. The number of pyridine rings is 2. The van der Waals surface area contributed by atoms with Crippen molar-refractivity contribution in [2.24, 2.45) is 0 Å². The summed E-state index contributed by atoms with van der Waals surface area (Å²) in [6.45, 7) is 1.96. The summed E-state index contributed by atoms with van der Waals surface area (Å²) in [7, 11) is 0. The van der Waals surface area contributed by atoms with Crippen LogP contribution in [0.2, 0.25) is 0 Å². The van der Waals surface area contributed by atoms with Crippen LogP contribution in [0.15, 0.2) is 47.4 Å². The van der Waals surface area contributed by atoms with E-state index in [4.69, 9.17) is 5.41 Å². The highest BCUT2D eigenvalue weighted by Crippen LogP contribution is 2.43. The number of carbonyl (C=O) groups excluding carboxylic acids is 1. The first-order chi connectivity index (χ1) is 12.5. The lowest BCUT2D eigenvalue weighted by Gasteiger charge is -2.16. The van der Waals surface area contributed by atoms with Crippen molar-refractivity contribution in [3.8, 4) is 11.1 Å². The molecule has 1 N–H and O–H groups in total. The Hall–Kier alpha value is -3.21. The zero-order valence-electron chi connectivity index (χ0n) is 14.3. The van der Waals surface area contributed by atoms with E-state index in [0.29, 0.717) is 0 Å². The van der Waals surface area contributed by atoms with Crippen LogP contribution in [0.4, 0.5) is 0 Å². The zero-order chi connectivity index (χ0) is 18.4. The average Bonchev–Trinajstić information content (AvgIpc) is 3.47. The van der Waals surface area contributed by atoms with Crippen molar-refractivity contribution in [1.82, 2.24) is 4.40 Å². The van der Waals surface area contributed by atoms with Gasteiger partial charge in [0, 0.05) is 12.4 Å². The van der Waals surface area contributed by atoms with E-state index >= 15 is 0 Å². The summed E-state index contributed by atoms with van der Waals surface area (Å²) in [5.41, 5.74) is 4.60. The van der Waals surface area contributed by atoms with Gasteiger partial charge in [0.05, 0.1) is 17.0 Å². The quantitative estimate of drug-likeness (QED) is 0.737. The second-order valence-electron chi connectivity index (χ2n) is 6.72. The predicted molar refractivity (Wildman–Crippen MR) is 98.0 cm³/mol. The molecule has 0 aliphatic heterocycles. The molecule has 1 aliphatic rings. The Balaban J connectivity index is 2.01. The van der Waals surface area contributed by atoms with Gasteiger partial charge in [-0.25, -0.2) is 0 Å². The number of fused-ring (bicyclic) bond motifs is 1. The molecule has 0 atom stereocenters. The van der Waals surface area contributed by atoms with Gasteiger partial charge in [-0.3, -0.25) is 9.20 Å². The van der Waals surface area contributed by atoms with Gasteiger partial charge in [-0.15, -0.1) is 0 Å². The number of rotatable bonds is 4. The summed E-state index contributed by atoms with van der Waals surface area (Å²) in [5.74, 6) is -1.15. The minimum absolute atomic E-state index is 0.285. The first-order valence-corrected chi connectivity index (χ1v) is 8.52. The van der Waals surface area contributed by atoms with Crippen molar-refractivity contribution < 1.29 is 9.90 Å². The molecule has 1 fully saturated rings. The van der Waals surface area contributed by atoms with E-state index in [9.17, 15) is 14.7 Å². The molecule has 2 aromatic heterocycles. The molecular formula is C21H17N2O3-. The van der Waals surface area contributed by atoms with Gasteiger partial charge in [-0.05, 0) is 65.6 Å². The monoisotopic (exact) mass is 345 g/mol. The molecule has 1 aliphatic carbocycles. The number of benzene rings is 1. The van der Waals surface area contributed by atoms with Crippen LogP contribution in [-0.4, -0.2) is 16.6 Å². The van der Waals surface area contributed by atoms with Gasteiger partial charge >= 0.3 is 0 Å². The molecule has 0 spiro atoms. The highest BCUT2D eigenvalue weighted by molar-refractivity contribution is 5.88. The lowest BCUT2D eigenvalue weighted by Crippen LogP contribution is -2.32. The molecule has 1 aromatic carbocycles. The van der Waals surface area contributed by atoms with Crippen LogP contribution in [0.5, 0.6) is 0 Å². The molecule has 4 rings (SSSR count). The molecule has 1 saturated carbocycles. The predicted octanol–water partition coefficient (Wildman–Crippen LogP) is 2.51. The van der Waals surface area contributed by atoms with Crippen LogP contribution < -0.4 is 10.7 Å². The number of aromatic nitrogens is 1. The normalized spacial score (nSPS) is 13.7. The number of aromatic carboxylic acids is 1. The summed E-state index contributed by atoms with van der Waals surface area (Å²) >= 11 is 0. The van der Waals surface area contributed by atoms with Gasteiger partial charge in [0.1, 0.15) is 0 Å². The Labute approximate surface area is 150 Å². The Kier molecular flexibility index (Phi) is 3.72. The number of aryl methyl sites for hydroxylation is 1. The van der Waals surface area contributed by atoms with Crippen LogP contribution in [0, 0.1) is 12.3 Å². The molecule has 5 heteroatoms.